The summed E-state index contributed by atoms with van der Waals surface area (Å²) in [6, 6.07) is 6.85. The fraction of sp³-hybridized carbons (Fsp3) is 0.650. The van der Waals surface area contributed by atoms with E-state index in [1.165, 1.54) is 4.31 Å². The lowest BCUT2D eigenvalue weighted by Crippen LogP contribution is -2.57. The van der Waals surface area contributed by atoms with E-state index in [2.05, 4.69) is 15.9 Å². The third kappa shape index (κ3) is 4.01. The highest BCUT2D eigenvalue weighted by Crippen LogP contribution is 2.32. The van der Waals surface area contributed by atoms with Crippen molar-refractivity contribution >= 4 is 31.9 Å². The van der Waals surface area contributed by atoms with E-state index in [1.807, 2.05) is 4.90 Å². The number of rotatable bonds is 3. The van der Waals surface area contributed by atoms with Crippen LogP contribution in [0.3, 0.4) is 0 Å². The lowest BCUT2D eigenvalue weighted by Gasteiger charge is -2.45. The number of benzene rings is 1. The van der Waals surface area contributed by atoms with Crippen LogP contribution in [0.25, 0.3) is 0 Å². The van der Waals surface area contributed by atoms with Gasteiger partial charge in [-0.1, -0.05) is 28.8 Å². The van der Waals surface area contributed by atoms with Gasteiger partial charge in [-0.2, -0.15) is 4.31 Å². The first-order chi connectivity index (χ1) is 13.5. The molecular weight excluding hydrogens is 444 g/mol. The molecule has 2 saturated heterocycles. The molecule has 1 aromatic carbocycles. The van der Waals surface area contributed by atoms with E-state index in [4.69, 9.17) is 4.74 Å². The standard InChI is InChI=1S/C20H27BrN2O4S/c21-16-7-9-17(10-8-16)28(25,26)22-11-3-4-15(14-22)20(24)23-12-13-27-19-6-2-1-5-18(19)23/h7-10,15,18-19H,1-6,11-14H2. The van der Waals surface area contributed by atoms with Crippen molar-refractivity contribution in [3.05, 3.63) is 28.7 Å². The van der Waals surface area contributed by atoms with Crippen molar-refractivity contribution in [1.82, 2.24) is 9.21 Å². The molecule has 3 unspecified atom stereocenters. The molecule has 1 aliphatic carbocycles. The van der Waals surface area contributed by atoms with Gasteiger partial charge in [0.05, 0.1) is 29.6 Å². The molecule has 154 valence electrons. The molecule has 6 nitrogen and oxygen atoms in total. The topological polar surface area (TPSA) is 66.9 Å². The minimum absolute atomic E-state index is 0.107. The highest BCUT2D eigenvalue weighted by molar-refractivity contribution is 9.10. The summed E-state index contributed by atoms with van der Waals surface area (Å²) >= 11 is 3.34. The number of hydrogen-bond acceptors (Lipinski definition) is 4. The summed E-state index contributed by atoms with van der Waals surface area (Å²) in [6.07, 6.45) is 5.91. The van der Waals surface area contributed by atoms with E-state index in [1.54, 1.807) is 24.3 Å². The number of piperidine rings is 1. The van der Waals surface area contributed by atoms with Crippen molar-refractivity contribution in [2.24, 2.45) is 5.92 Å². The monoisotopic (exact) mass is 470 g/mol. The maximum Gasteiger partial charge on any atom is 0.243 e. The first kappa shape index (κ1) is 20.3. The van der Waals surface area contributed by atoms with E-state index < -0.39 is 10.0 Å². The lowest BCUT2D eigenvalue weighted by molar-refractivity contribution is -0.154. The Labute approximate surface area is 175 Å². The second-order valence-electron chi connectivity index (χ2n) is 7.95. The van der Waals surface area contributed by atoms with E-state index in [9.17, 15) is 13.2 Å². The van der Waals surface area contributed by atoms with Crippen LogP contribution in [0.4, 0.5) is 0 Å². The molecule has 28 heavy (non-hydrogen) atoms. The van der Waals surface area contributed by atoms with Crippen molar-refractivity contribution in [3.8, 4) is 0 Å². The molecule has 2 heterocycles. The highest BCUT2D eigenvalue weighted by Gasteiger charge is 2.41. The van der Waals surface area contributed by atoms with Crippen molar-refractivity contribution in [2.45, 2.75) is 55.6 Å². The number of halogens is 1. The summed E-state index contributed by atoms with van der Waals surface area (Å²) < 4.78 is 34.3. The molecule has 8 heteroatoms. The zero-order chi connectivity index (χ0) is 19.7. The van der Waals surface area contributed by atoms with Gasteiger partial charge in [-0.15, -0.1) is 0 Å². The first-order valence-corrected chi connectivity index (χ1v) is 12.4. The second kappa shape index (κ2) is 8.42. The van der Waals surface area contributed by atoms with Crippen LogP contribution in [0.5, 0.6) is 0 Å². The van der Waals surface area contributed by atoms with Crippen LogP contribution in [-0.2, 0) is 19.6 Å². The Bertz CT molecular complexity index is 812. The van der Waals surface area contributed by atoms with Crippen molar-refractivity contribution in [1.29, 1.82) is 0 Å². The van der Waals surface area contributed by atoms with Crippen LogP contribution in [0.15, 0.2) is 33.6 Å². The fourth-order valence-corrected chi connectivity index (χ4v) is 6.51. The van der Waals surface area contributed by atoms with Gasteiger partial charge < -0.3 is 9.64 Å². The van der Waals surface area contributed by atoms with Crippen molar-refractivity contribution in [2.75, 3.05) is 26.2 Å². The lowest BCUT2D eigenvalue weighted by atomic mass is 9.88. The van der Waals surface area contributed by atoms with Crippen molar-refractivity contribution < 1.29 is 17.9 Å². The average molecular weight is 471 g/mol. The van der Waals surface area contributed by atoms with Gasteiger partial charge in [-0.3, -0.25) is 4.79 Å². The summed E-state index contributed by atoms with van der Waals surface area (Å²) in [4.78, 5) is 15.6. The summed E-state index contributed by atoms with van der Waals surface area (Å²) in [5.41, 5.74) is 0. The summed E-state index contributed by atoms with van der Waals surface area (Å²) in [5.74, 6) is -0.157. The molecule has 0 bridgehead atoms. The number of hydrogen-bond donors (Lipinski definition) is 0. The Morgan fingerprint density at radius 1 is 1.04 bits per heavy atom. The highest BCUT2D eigenvalue weighted by atomic mass is 79.9. The van der Waals surface area contributed by atoms with Gasteiger partial charge in [0.1, 0.15) is 0 Å². The Morgan fingerprint density at radius 2 is 1.79 bits per heavy atom. The van der Waals surface area contributed by atoms with Crippen LogP contribution in [-0.4, -0.2) is 61.9 Å². The van der Waals surface area contributed by atoms with Gasteiger partial charge in [0.25, 0.3) is 0 Å². The number of carbonyl (C=O) groups excluding carboxylic acids is 1. The van der Waals surface area contributed by atoms with Gasteiger partial charge in [0, 0.05) is 24.1 Å². The predicted molar refractivity (Wildman–Crippen MR) is 109 cm³/mol. The second-order valence-corrected chi connectivity index (χ2v) is 10.8. The Kier molecular flexibility index (Phi) is 6.11. The molecule has 2 aliphatic heterocycles. The van der Waals surface area contributed by atoms with Gasteiger partial charge in [-0.25, -0.2) is 8.42 Å². The molecule has 0 radical (unpaired) electrons. The number of ether oxygens (including phenoxy) is 1. The molecule has 0 N–H and O–H groups in total. The molecule has 3 aliphatic rings. The molecule has 1 aromatic rings. The Morgan fingerprint density at radius 3 is 2.57 bits per heavy atom. The quantitative estimate of drug-likeness (QED) is 0.680. The molecule has 3 fully saturated rings. The molecule has 3 atom stereocenters. The zero-order valence-corrected chi connectivity index (χ0v) is 18.3. The van der Waals surface area contributed by atoms with E-state index in [0.717, 1.165) is 36.6 Å². The largest absolute Gasteiger partial charge is 0.374 e. The number of sulfonamides is 1. The van der Waals surface area contributed by atoms with E-state index in [-0.39, 0.29) is 35.4 Å². The third-order valence-corrected chi connectivity index (χ3v) is 8.61. The number of amides is 1. The van der Waals surface area contributed by atoms with Crippen LogP contribution < -0.4 is 0 Å². The number of nitrogens with zero attached hydrogens (tertiary/aromatic N) is 2. The maximum atomic E-state index is 13.3. The first-order valence-electron chi connectivity index (χ1n) is 10.1. The molecule has 1 amide bonds. The van der Waals surface area contributed by atoms with Gasteiger partial charge in [0.15, 0.2) is 0 Å². The van der Waals surface area contributed by atoms with Crippen LogP contribution >= 0.6 is 15.9 Å². The van der Waals surface area contributed by atoms with Crippen LogP contribution in [0, 0.1) is 5.92 Å². The van der Waals surface area contributed by atoms with Crippen LogP contribution in [0.2, 0.25) is 0 Å². The van der Waals surface area contributed by atoms with Gasteiger partial charge >= 0.3 is 0 Å². The fourth-order valence-electron chi connectivity index (χ4n) is 4.72. The maximum absolute atomic E-state index is 13.3. The minimum atomic E-state index is -3.58. The van der Waals surface area contributed by atoms with Crippen molar-refractivity contribution in [3.63, 3.8) is 0 Å². The summed E-state index contributed by atoms with van der Waals surface area (Å²) in [7, 11) is -3.58. The van der Waals surface area contributed by atoms with Gasteiger partial charge in [-0.05, 0) is 49.9 Å². The third-order valence-electron chi connectivity index (χ3n) is 6.20. The molecule has 0 aromatic heterocycles. The zero-order valence-electron chi connectivity index (χ0n) is 15.9. The minimum Gasteiger partial charge on any atom is -0.374 e. The predicted octanol–water partition coefficient (Wildman–Crippen LogP) is 3.02. The van der Waals surface area contributed by atoms with Gasteiger partial charge in [0.2, 0.25) is 15.9 Å². The molecule has 4 rings (SSSR count). The SMILES string of the molecule is O=C(C1CCCN(S(=O)(=O)c2ccc(Br)cc2)C1)N1CCOC2CCCCC21. The van der Waals surface area contributed by atoms with E-state index in [0.29, 0.717) is 26.1 Å². The average Bonchev–Trinajstić information content (AvgIpc) is 2.73. The Balaban J connectivity index is 1.48. The smallest absolute Gasteiger partial charge is 0.243 e. The van der Waals surface area contributed by atoms with E-state index >= 15 is 0 Å². The number of morpholine rings is 1. The number of fused-ring (bicyclic) bond motifs is 1. The molecule has 0 spiro atoms. The summed E-state index contributed by atoms with van der Waals surface area (Å²) in [5, 5.41) is 0. The number of carbonyl (C=O) groups is 1. The normalized spacial score (nSPS) is 29.3. The molecule has 1 saturated carbocycles. The summed E-state index contributed by atoms with van der Waals surface area (Å²) in [6.45, 7) is 1.94. The molecular formula is C20H27BrN2O4S. The Hall–Kier alpha value is -0.960. The van der Waals surface area contributed by atoms with Crippen LogP contribution in [0.1, 0.15) is 38.5 Å².